The smallest absolute Gasteiger partial charge is 0.252 e. The van der Waals surface area contributed by atoms with Crippen LogP contribution < -0.4 is 14.8 Å². The predicted molar refractivity (Wildman–Crippen MR) is 170 cm³/mol. The number of ether oxygens (including phenoxy) is 1. The number of rotatable bonds is 11. The molecule has 0 spiro atoms. The molecule has 3 aromatic carbocycles. The predicted octanol–water partition coefficient (Wildman–Crippen LogP) is 7.22. The lowest BCUT2D eigenvalue weighted by atomic mass is 9.79. The van der Waals surface area contributed by atoms with E-state index >= 15 is 0 Å². The first-order valence-electron chi connectivity index (χ1n) is 15.4. The Bertz CT molecular complexity index is 1270. The number of nitrogens with one attached hydrogen (secondary N) is 2. The lowest BCUT2D eigenvalue weighted by Crippen LogP contribution is -2.45. The fourth-order valence-corrected chi connectivity index (χ4v) is 7.56. The summed E-state index contributed by atoms with van der Waals surface area (Å²) >= 11 is 1.61. The summed E-state index contributed by atoms with van der Waals surface area (Å²) in [6.07, 6.45) is 8.67. The van der Waals surface area contributed by atoms with Gasteiger partial charge in [0.2, 0.25) is 0 Å². The summed E-state index contributed by atoms with van der Waals surface area (Å²) in [4.78, 5) is 28.7. The Balaban J connectivity index is 1.13. The maximum atomic E-state index is 13.2. The van der Waals surface area contributed by atoms with Crippen LogP contribution in [-0.4, -0.2) is 41.1 Å². The van der Waals surface area contributed by atoms with Gasteiger partial charge in [-0.2, -0.15) is 0 Å². The third kappa shape index (κ3) is 8.62. The average molecular weight is 586 g/mol. The molecular weight excluding hydrogens is 542 g/mol. The summed E-state index contributed by atoms with van der Waals surface area (Å²) in [5.74, 6) is 2.04. The van der Waals surface area contributed by atoms with Crippen molar-refractivity contribution in [2.24, 2.45) is 11.8 Å². The fraction of sp³-hybridized carbons (Fsp3) is 0.429. The van der Waals surface area contributed by atoms with E-state index in [-0.39, 0.29) is 11.8 Å². The van der Waals surface area contributed by atoms with Gasteiger partial charge in [-0.1, -0.05) is 73.9 Å². The summed E-state index contributed by atoms with van der Waals surface area (Å²) in [5, 5.41) is 3.28. The molecule has 2 aliphatic rings. The van der Waals surface area contributed by atoms with Gasteiger partial charge >= 0.3 is 0 Å². The molecule has 1 saturated carbocycles. The first-order chi connectivity index (χ1) is 20.5. The number of piperidine rings is 1. The van der Waals surface area contributed by atoms with E-state index in [1.807, 2.05) is 36.4 Å². The molecule has 2 amide bonds. The van der Waals surface area contributed by atoms with Crippen LogP contribution >= 0.6 is 11.9 Å². The molecule has 0 bridgehead atoms. The molecular formula is C35H43N3O3S. The Morgan fingerprint density at radius 2 is 1.48 bits per heavy atom. The largest absolute Gasteiger partial charge is 0.457 e. The van der Waals surface area contributed by atoms with Gasteiger partial charge in [-0.25, -0.2) is 0 Å². The van der Waals surface area contributed by atoms with Crippen LogP contribution in [0.3, 0.4) is 0 Å². The van der Waals surface area contributed by atoms with Crippen LogP contribution in [0.1, 0.15) is 67.8 Å². The average Bonchev–Trinajstić information content (AvgIpc) is 3.03. The van der Waals surface area contributed by atoms with E-state index in [9.17, 15) is 9.59 Å². The molecule has 0 aromatic heterocycles. The molecule has 1 aliphatic heterocycles. The molecule has 5 rings (SSSR count). The first-order valence-corrected chi connectivity index (χ1v) is 16.3. The minimum atomic E-state index is -0.650. The Morgan fingerprint density at radius 1 is 0.833 bits per heavy atom. The van der Waals surface area contributed by atoms with Crippen LogP contribution in [0.5, 0.6) is 11.5 Å². The fourth-order valence-electron chi connectivity index (χ4n) is 6.21. The molecule has 2 fully saturated rings. The highest BCUT2D eigenvalue weighted by atomic mass is 32.2. The van der Waals surface area contributed by atoms with Gasteiger partial charge in [-0.15, -0.1) is 0 Å². The molecule has 3 aromatic rings. The number of para-hydroxylation sites is 1. The Kier molecular flexibility index (Phi) is 11.0. The summed E-state index contributed by atoms with van der Waals surface area (Å²) in [7, 11) is 0. The van der Waals surface area contributed by atoms with Gasteiger partial charge < -0.3 is 10.1 Å². The van der Waals surface area contributed by atoms with E-state index in [4.69, 9.17) is 4.74 Å². The van der Waals surface area contributed by atoms with Gasteiger partial charge in [0, 0.05) is 17.4 Å². The van der Waals surface area contributed by atoms with Crippen molar-refractivity contribution in [3.63, 3.8) is 0 Å². The van der Waals surface area contributed by atoms with E-state index in [0.717, 1.165) is 32.5 Å². The van der Waals surface area contributed by atoms with Crippen molar-refractivity contribution < 1.29 is 14.3 Å². The normalized spacial score (nSPS) is 18.1. The second kappa shape index (κ2) is 15.3. The highest BCUT2D eigenvalue weighted by Gasteiger charge is 2.34. The monoisotopic (exact) mass is 585 g/mol. The quantitative estimate of drug-likeness (QED) is 0.233. The van der Waals surface area contributed by atoms with E-state index in [2.05, 4.69) is 45.3 Å². The minimum Gasteiger partial charge on any atom is -0.457 e. The van der Waals surface area contributed by atoms with Crippen LogP contribution in [0.25, 0.3) is 0 Å². The van der Waals surface area contributed by atoms with Gasteiger partial charge in [0.1, 0.15) is 17.5 Å². The SMILES string of the molecule is C[C@@H](NC(=O)c1cccc(Oc2ccccc2)c1)C(=O)NSC(C1CCCCC1)C1CCN(Cc2ccccc2)CC1. The van der Waals surface area contributed by atoms with Gasteiger partial charge in [0.05, 0.1) is 0 Å². The topological polar surface area (TPSA) is 70.7 Å². The van der Waals surface area contributed by atoms with E-state index in [1.54, 1.807) is 37.1 Å². The third-order valence-corrected chi connectivity index (χ3v) is 9.93. The zero-order valence-electron chi connectivity index (χ0n) is 24.5. The van der Waals surface area contributed by atoms with E-state index < -0.39 is 6.04 Å². The number of carbonyl (C=O) groups excluding carboxylic acids is 2. The highest BCUT2D eigenvalue weighted by Crippen LogP contribution is 2.39. The van der Waals surface area contributed by atoms with Crippen molar-refractivity contribution in [3.05, 3.63) is 96.1 Å². The second-order valence-corrected chi connectivity index (χ2v) is 12.7. The van der Waals surface area contributed by atoms with Crippen LogP contribution in [0.15, 0.2) is 84.9 Å². The summed E-state index contributed by atoms with van der Waals surface area (Å²) in [6.45, 7) is 4.94. The molecule has 7 heteroatoms. The van der Waals surface area contributed by atoms with Crippen LogP contribution in [-0.2, 0) is 11.3 Å². The molecule has 6 nitrogen and oxygen atoms in total. The Morgan fingerprint density at radius 3 is 2.19 bits per heavy atom. The summed E-state index contributed by atoms with van der Waals surface area (Å²) in [6, 6.07) is 26.5. The number of amides is 2. The zero-order chi connectivity index (χ0) is 29.1. The van der Waals surface area contributed by atoms with Gasteiger partial charge in [0.25, 0.3) is 11.8 Å². The Hall–Kier alpha value is -3.29. The number of hydrogen-bond donors (Lipinski definition) is 2. The van der Waals surface area contributed by atoms with Crippen molar-refractivity contribution in [3.8, 4) is 11.5 Å². The number of carbonyl (C=O) groups is 2. The van der Waals surface area contributed by atoms with Gasteiger partial charge in [-0.3, -0.25) is 19.2 Å². The van der Waals surface area contributed by atoms with Gasteiger partial charge in [-0.05, 0) is 105 Å². The molecule has 1 aliphatic carbocycles. The number of likely N-dealkylation sites (tertiary alicyclic amines) is 1. The second-order valence-electron chi connectivity index (χ2n) is 11.7. The third-order valence-electron chi connectivity index (χ3n) is 8.57. The molecule has 42 heavy (non-hydrogen) atoms. The molecule has 0 radical (unpaired) electrons. The van der Waals surface area contributed by atoms with Crippen LogP contribution in [0.2, 0.25) is 0 Å². The highest BCUT2D eigenvalue weighted by molar-refractivity contribution is 7.98. The minimum absolute atomic E-state index is 0.160. The summed E-state index contributed by atoms with van der Waals surface area (Å²) < 4.78 is 9.03. The van der Waals surface area contributed by atoms with E-state index in [1.165, 1.54) is 37.7 Å². The maximum absolute atomic E-state index is 13.2. The van der Waals surface area contributed by atoms with Crippen molar-refractivity contribution in [2.45, 2.75) is 69.7 Å². The number of nitrogens with zero attached hydrogens (tertiary/aromatic N) is 1. The lowest BCUT2D eigenvalue weighted by Gasteiger charge is -2.40. The van der Waals surface area contributed by atoms with Crippen LogP contribution in [0.4, 0.5) is 0 Å². The summed E-state index contributed by atoms with van der Waals surface area (Å²) in [5.41, 5.74) is 1.82. The van der Waals surface area contributed by atoms with Crippen molar-refractivity contribution >= 4 is 23.8 Å². The first kappa shape index (κ1) is 30.2. The molecule has 222 valence electrons. The number of hydrogen-bond acceptors (Lipinski definition) is 5. The molecule has 2 atom stereocenters. The van der Waals surface area contributed by atoms with E-state index in [0.29, 0.717) is 34.1 Å². The molecule has 2 N–H and O–H groups in total. The lowest BCUT2D eigenvalue weighted by molar-refractivity contribution is -0.120. The molecule has 1 unspecified atom stereocenters. The number of benzene rings is 3. The Labute approximate surface area is 254 Å². The standard InChI is InChI=1S/C35H43N3O3S/c1-26(36-35(40)30-16-11-19-32(24-30)41-31-17-9-4-10-18-31)34(39)37-42-33(28-14-7-3-8-15-28)29-20-22-38(23-21-29)25-27-12-5-2-6-13-27/h2,4-6,9-13,16-19,24,26,28-29,33H,3,7-8,14-15,20-23,25H2,1H3,(H,36,40)(H,37,39)/t26-,33?/m1/s1. The maximum Gasteiger partial charge on any atom is 0.252 e. The van der Waals surface area contributed by atoms with Crippen molar-refractivity contribution in [1.82, 2.24) is 14.9 Å². The zero-order valence-corrected chi connectivity index (χ0v) is 25.4. The van der Waals surface area contributed by atoms with Crippen LogP contribution in [0, 0.1) is 11.8 Å². The van der Waals surface area contributed by atoms with Crippen molar-refractivity contribution in [2.75, 3.05) is 13.1 Å². The van der Waals surface area contributed by atoms with Crippen molar-refractivity contribution in [1.29, 1.82) is 0 Å². The molecule has 1 saturated heterocycles. The van der Waals surface area contributed by atoms with Gasteiger partial charge in [0.15, 0.2) is 0 Å². The molecule has 1 heterocycles.